The average Bonchev–Trinajstić information content (AvgIpc) is 3.27. The molecule has 0 saturated heterocycles. The first-order valence-corrected chi connectivity index (χ1v) is 13.7. The van der Waals surface area contributed by atoms with Crippen LogP contribution in [0, 0.1) is 18.3 Å². The largest absolute Gasteiger partial charge is 0.493 e. The molecule has 2 heterocycles. The molecule has 6 nitrogen and oxygen atoms in total. The van der Waals surface area contributed by atoms with Gasteiger partial charge in [0, 0.05) is 4.88 Å². The van der Waals surface area contributed by atoms with Crippen molar-refractivity contribution in [3.8, 4) is 11.5 Å². The number of carbonyl (C=O) groups excluding carboxylic acids is 2. The molecule has 0 bridgehead atoms. The number of anilines is 1. The van der Waals surface area contributed by atoms with Gasteiger partial charge in [0.2, 0.25) is 0 Å². The van der Waals surface area contributed by atoms with E-state index in [-0.39, 0.29) is 5.91 Å². The van der Waals surface area contributed by atoms with Gasteiger partial charge in [0.15, 0.2) is 11.5 Å². The van der Waals surface area contributed by atoms with Crippen LogP contribution < -0.4 is 20.1 Å². The van der Waals surface area contributed by atoms with Crippen LogP contribution in [0.4, 0.5) is 5.00 Å². The lowest BCUT2D eigenvalue weighted by Gasteiger charge is -2.36. The lowest BCUT2D eigenvalue weighted by Crippen LogP contribution is -2.38. The molecule has 5 rings (SSSR count). The monoisotopic (exact) mass is 518 g/mol. The molecule has 0 spiro atoms. The molecule has 2 aromatic carbocycles. The Kier molecular flexibility index (Phi) is 6.75. The van der Waals surface area contributed by atoms with Crippen molar-refractivity contribution in [3.05, 3.63) is 75.2 Å². The van der Waals surface area contributed by atoms with Gasteiger partial charge in [0.1, 0.15) is 11.2 Å². The number of methoxy groups -OCH3 is 1. The summed E-state index contributed by atoms with van der Waals surface area (Å²) in [5.74, 6) is 0.890. The van der Waals surface area contributed by atoms with E-state index in [2.05, 4.69) is 31.4 Å². The summed E-state index contributed by atoms with van der Waals surface area (Å²) in [5, 5.41) is 7.58. The van der Waals surface area contributed by atoms with E-state index in [1.165, 1.54) is 17.6 Å². The highest BCUT2D eigenvalue weighted by molar-refractivity contribution is 7.16. The fourth-order valence-corrected chi connectivity index (χ4v) is 6.57. The van der Waals surface area contributed by atoms with Crippen molar-refractivity contribution < 1.29 is 19.1 Å². The van der Waals surface area contributed by atoms with Gasteiger partial charge in [-0.25, -0.2) is 4.79 Å². The standard InChI is InChI=1S/C30H34N2O4S/c1-6-30(3,4)20-12-13-21-24(16-20)37-28-25(21)27(33)31-26(32-28)19-11-14-22(23(15-19)35-5)36-29(34)18-9-7-17(2)8-10-18/h7-11,14-15,20,26,32H,6,12-13,16H2,1-5H3,(H,31,33). The maximum atomic E-state index is 13.2. The first-order valence-electron chi connectivity index (χ1n) is 12.9. The third kappa shape index (κ3) is 4.85. The Balaban J connectivity index is 1.36. The summed E-state index contributed by atoms with van der Waals surface area (Å²) in [5.41, 5.74) is 4.67. The number of carbonyl (C=O) groups is 2. The Labute approximate surface area is 222 Å². The molecular formula is C30H34N2O4S. The molecule has 0 saturated carbocycles. The third-order valence-corrected chi connectivity index (χ3v) is 9.26. The first-order chi connectivity index (χ1) is 17.7. The summed E-state index contributed by atoms with van der Waals surface area (Å²) in [4.78, 5) is 27.2. The van der Waals surface area contributed by atoms with Crippen LogP contribution >= 0.6 is 11.3 Å². The van der Waals surface area contributed by atoms with E-state index in [0.717, 1.165) is 47.4 Å². The SMILES string of the molecule is CCC(C)(C)C1CCc2c(sc3c2C(=O)NC(c2ccc(OC(=O)c4ccc(C)cc4)c(OC)c2)N3)C1. The predicted molar refractivity (Wildman–Crippen MR) is 147 cm³/mol. The van der Waals surface area contributed by atoms with Crippen molar-refractivity contribution in [2.75, 3.05) is 12.4 Å². The Bertz CT molecular complexity index is 1340. The van der Waals surface area contributed by atoms with Crippen molar-refractivity contribution in [2.24, 2.45) is 11.3 Å². The Hall–Kier alpha value is -3.32. The van der Waals surface area contributed by atoms with Crippen molar-refractivity contribution in [1.29, 1.82) is 0 Å². The molecule has 37 heavy (non-hydrogen) atoms. The topological polar surface area (TPSA) is 76.7 Å². The van der Waals surface area contributed by atoms with Crippen molar-refractivity contribution in [3.63, 3.8) is 0 Å². The summed E-state index contributed by atoms with van der Waals surface area (Å²) in [6, 6.07) is 12.6. The number of esters is 1. The molecule has 1 aliphatic carbocycles. The number of fused-ring (bicyclic) bond motifs is 3. The minimum atomic E-state index is -0.450. The fourth-order valence-electron chi connectivity index (χ4n) is 5.22. The number of benzene rings is 2. The van der Waals surface area contributed by atoms with Crippen LogP contribution in [0.2, 0.25) is 0 Å². The molecule has 0 fully saturated rings. The molecule has 3 aromatic rings. The summed E-state index contributed by atoms with van der Waals surface area (Å²) in [6.07, 6.45) is 3.84. The van der Waals surface area contributed by atoms with Gasteiger partial charge in [-0.15, -0.1) is 11.3 Å². The number of thiophene rings is 1. The highest BCUT2D eigenvalue weighted by atomic mass is 32.1. The lowest BCUT2D eigenvalue weighted by molar-refractivity contribution is 0.0729. The summed E-state index contributed by atoms with van der Waals surface area (Å²) < 4.78 is 11.1. The van der Waals surface area contributed by atoms with Gasteiger partial charge in [-0.05, 0) is 72.9 Å². The number of hydrogen-bond donors (Lipinski definition) is 2. The van der Waals surface area contributed by atoms with Gasteiger partial charge in [-0.3, -0.25) is 4.79 Å². The van der Waals surface area contributed by atoms with E-state index in [0.29, 0.717) is 28.4 Å². The van der Waals surface area contributed by atoms with E-state index >= 15 is 0 Å². The fraction of sp³-hybridized carbons (Fsp3) is 0.400. The summed E-state index contributed by atoms with van der Waals surface area (Å²) in [7, 11) is 1.54. The number of ether oxygens (including phenoxy) is 2. The second kappa shape index (κ2) is 9.86. The Morgan fingerprint density at radius 3 is 2.57 bits per heavy atom. The number of aryl methyl sites for hydroxylation is 1. The maximum absolute atomic E-state index is 13.2. The molecule has 2 N–H and O–H groups in total. The van der Waals surface area contributed by atoms with Gasteiger partial charge in [0.05, 0.1) is 18.2 Å². The van der Waals surface area contributed by atoms with Crippen molar-refractivity contribution >= 4 is 28.2 Å². The first kappa shape index (κ1) is 25.3. The van der Waals surface area contributed by atoms with Crippen LogP contribution in [0.25, 0.3) is 0 Å². The molecule has 2 atom stereocenters. The number of amides is 1. The zero-order chi connectivity index (χ0) is 26.3. The molecule has 0 radical (unpaired) electrons. The van der Waals surface area contributed by atoms with Gasteiger partial charge in [-0.1, -0.05) is 51.0 Å². The van der Waals surface area contributed by atoms with Gasteiger partial charge >= 0.3 is 5.97 Å². The molecule has 7 heteroatoms. The quantitative estimate of drug-likeness (QED) is 0.281. The highest BCUT2D eigenvalue weighted by Gasteiger charge is 2.37. The van der Waals surface area contributed by atoms with Crippen LogP contribution in [0.1, 0.15) is 82.1 Å². The van der Waals surface area contributed by atoms with Gasteiger partial charge in [-0.2, -0.15) is 0 Å². The Morgan fingerprint density at radius 2 is 1.86 bits per heavy atom. The molecule has 2 aliphatic rings. The second-order valence-electron chi connectivity index (χ2n) is 10.7. The average molecular weight is 519 g/mol. The number of hydrogen-bond acceptors (Lipinski definition) is 6. The van der Waals surface area contributed by atoms with E-state index in [4.69, 9.17) is 9.47 Å². The highest BCUT2D eigenvalue weighted by Crippen LogP contribution is 2.47. The van der Waals surface area contributed by atoms with E-state index < -0.39 is 12.1 Å². The molecule has 2 unspecified atom stereocenters. The normalized spacial score (nSPS) is 18.8. The smallest absolute Gasteiger partial charge is 0.343 e. The minimum absolute atomic E-state index is 0.0432. The third-order valence-electron chi connectivity index (χ3n) is 8.07. The number of nitrogens with one attached hydrogen (secondary N) is 2. The molecule has 1 aromatic heterocycles. The van der Waals surface area contributed by atoms with E-state index in [1.54, 1.807) is 35.6 Å². The lowest BCUT2D eigenvalue weighted by atomic mass is 9.69. The molecule has 1 amide bonds. The van der Waals surface area contributed by atoms with Crippen molar-refractivity contribution in [2.45, 2.75) is 59.5 Å². The van der Waals surface area contributed by atoms with E-state index in [1.807, 2.05) is 25.1 Å². The predicted octanol–water partition coefficient (Wildman–Crippen LogP) is 6.68. The zero-order valence-corrected chi connectivity index (χ0v) is 22.9. The van der Waals surface area contributed by atoms with Crippen LogP contribution in [0.15, 0.2) is 42.5 Å². The van der Waals surface area contributed by atoms with Crippen LogP contribution in [-0.2, 0) is 12.8 Å². The van der Waals surface area contributed by atoms with Gasteiger partial charge in [0.25, 0.3) is 5.91 Å². The molecular weight excluding hydrogens is 484 g/mol. The summed E-state index contributed by atoms with van der Waals surface area (Å²) in [6.45, 7) is 8.93. The van der Waals surface area contributed by atoms with Crippen molar-refractivity contribution in [1.82, 2.24) is 5.32 Å². The van der Waals surface area contributed by atoms with Crippen LogP contribution in [0.5, 0.6) is 11.5 Å². The second-order valence-corrected chi connectivity index (χ2v) is 11.8. The zero-order valence-electron chi connectivity index (χ0n) is 22.1. The van der Waals surface area contributed by atoms with Crippen LogP contribution in [0.3, 0.4) is 0 Å². The van der Waals surface area contributed by atoms with Crippen LogP contribution in [-0.4, -0.2) is 19.0 Å². The maximum Gasteiger partial charge on any atom is 0.343 e. The van der Waals surface area contributed by atoms with E-state index in [9.17, 15) is 9.59 Å². The molecule has 1 aliphatic heterocycles. The molecule has 194 valence electrons. The number of rotatable bonds is 6. The van der Waals surface area contributed by atoms with Gasteiger partial charge < -0.3 is 20.1 Å². The minimum Gasteiger partial charge on any atom is -0.493 e. The summed E-state index contributed by atoms with van der Waals surface area (Å²) >= 11 is 1.72. The Morgan fingerprint density at radius 1 is 1.11 bits per heavy atom.